The molecule has 0 spiro atoms. The number of carbonyl (C=O) groups is 2. The van der Waals surface area contributed by atoms with Crippen molar-refractivity contribution >= 4 is 67.3 Å². The lowest BCUT2D eigenvalue weighted by molar-refractivity contribution is -0.116. The van der Waals surface area contributed by atoms with E-state index < -0.39 is 6.03 Å². The molecule has 144 valence electrons. The van der Waals surface area contributed by atoms with Gasteiger partial charge in [0.25, 0.3) is 0 Å². The third-order valence-corrected chi connectivity index (χ3v) is 5.16. The predicted octanol–water partition coefficient (Wildman–Crippen LogP) is 5.77. The number of carbonyl (C=O) groups excluding carboxylic acids is 2. The first-order valence-corrected chi connectivity index (χ1v) is 10.4. The van der Waals surface area contributed by atoms with Gasteiger partial charge in [-0.05, 0) is 48.9 Å². The first-order valence-electron chi connectivity index (χ1n) is 8.31. The average molecular weight is 480 g/mol. The summed E-state index contributed by atoms with van der Waals surface area (Å²) in [7, 11) is 0. The zero-order valence-corrected chi connectivity index (χ0v) is 17.7. The van der Waals surface area contributed by atoms with Crippen molar-refractivity contribution in [3.05, 3.63) is 69.1 Å². The highest BCUT2D eigenvalue weighted by Gasteiger charge is 2.09. The third kappa shape index (κ3) is 6.33. The van der Waals surface area contributed by atoms with E-state index in [1.165, 1.54) is 11.3 Å². The molecule has 0 saturated carbocycles. The van der Waals surface area contributed by atoms with E-state index in [0.717, 1.165) is 15.9 Å². The lowest BCUT2D eigenvalue weighted by atomic mass is 10.2. The molecule has 0 atom stereocenters. The van der Waals surface area contributed by atoms with Crippen molar-refractivity contribution < 1.29 is 9.59 Å². The van der Waals surface area contributed by atoms with E-state index in [2.05, 4.69) is 36.9 Å². The zero-order chi connectivity index (χ0) is 19.9. The van der Waals surface area contributed by atoms with Crippen LogP contribution in [0.3, 0.4) is 0 Å². The van der Waals surface area contributed by atoms with E-state index in [0.29, 0.717) is 28.7 Å². The fourth-order valence-electron chi connectivity index (χ4n) is 2.30. The van der Waals surface area contributed by atoms with Crippen LogP contribution in [0.5, 0.6) is 0 Å². The van der Waals surface area contributed by atoms with Crippen molar-refractivity contribution in [1.29, 1.82) is 0 Å². The molecule has 3 aromatic rings. The van der Waals surface area contributed by atoms with Crippen LogP contribution in [0.1, 0.15) is 12.1 Å². The van der Waals surface area contributed by atoms with Crippen molar-refractivity contribution in [3.63, 3.8) is 0 Å². The molecule has 1 aromatic heterocycles. The second-order valence-corrected chi connectivity index (χ2v) is 8.00. The Labute approximate surface area is 179 Å². The largest absolute Gasteiger partial charge is 0.326 e. The molecule has 0 aliphatic carbocycles. The van der Waals surface area contributed by atoms with Gasteiger partial charge in [0.2, 0.25) is 5.91 Å². The van der Waals surface area contributed by atoms with E-state index in [9.17, 15) is 9.59 Å². The van der Waals surface area contributed by atoms with Crippen LogP contribution in [-0.2, 0) is 11.2 Å². The van der Waals surface area contributed by atoms with Crippen molar-refractivity contribution in [1.82, 2.24) is 4.98 Å². The van der Waals surface area contributed by atoms with E-state index in [4.69, 9.17) is 11.6 Å². The molecule has 1 heterocycles. The maximum absolute atomic E-state index is 12.0. The van der Waals surface area contributed by atoms with E-state index >= 15 is 0 Å². The molecular formula is C19H16BrClN4O2S. The Morgan fingerprint density at radius 1 is 1.04 bits per heavy atom. The Hall–Kier alpha value is -2.42. The molecule has 3 amide bonds. The molecule has 2 aromatic carbocycles. The van der Waals surface area contributed by atoms with Gasteiger partial charge in [0.1, 0.15) is 0 Å². The zero-order valence-electron chi connectivity index (χ0n) is 14.5. The van der Waals surface area contributed by atoms with Gasteiger partial charge in [-0.15, -0.1) is 11.3 Å². The van der Waals surface area contributed by atoms with Crippen molar-refractivity contribution in [2.75, 3.05) is 16.0 Å². The lowest BCUT2D eigenvalue weighted by Crippen LogP contribution is -2.19. The number of aromatic nitrogens is 1. The molecule has 0 fully saturated rings. The maximum atomic E-state index is 12.0. The highest BCUT2D eigenvalue weighted by atomic mass is 79.9. The van der Waals surface area contributed by atoms with Gasteiger partial charge in [-0.3, -0.25) is 10.1 Å². The fourth-order valence-corrected chi connectivity index (χ4v) is 3.50. The number of halogens is 2. The molecule has 0 aliphatic heterocycles. The standard InChI is InChI=1S/C19H16BrClN4O2S/c20-12-4-6-14(7-5-12)22-17(26)9-8-16-11-28-19(24-16)25-18(27)23-15-3-1-2-13(21)10-15/h1-7,10-11H,8-9H2,(H,22,26)(H2,23,24,25,27). The van der Waals surface area contributed by atoms with Crippen LogP contribution >= 0.6 is 38.9 Å². The number of amides is 3. The van der Waals surface area contributed by atoms with Crippen LogP contribution in [0, 0.1) is 0 Å². The Bertz CT molecular complexity index is 978. The molecule has 28 heavy (non-hydrogen) atoms. The topological polar surface area (TPSA) is 83.1 Å². The number of hydrogen-bond acceptors (Lipinski definition) is 4. The summed E-state index contributed by atoms with van der Waals surface area (Å²) in [6.45, 7) is 0. The molecule has 0 aliphatic rings. The number of nitrogens with zero attached hydrogens (tertiary/aromatic N) is 1. The molecule has 3 N–H and O–H groups in total. The average Bonchev–Trinajstić information content (AvgIpc) is 3.09. The van der Waals surface area contributed by atoms with Crippen molar-refractivity contribution in [2.45, 2.75) is 12.8 Å². The summed E-state index contributed by atoms with van der Waals surface area (Å²) >= 11 is 10.5. The Balaban J connectivity index is 1.46. The molecule has 9 heteroatoms. The quantitative estimate of drug-likeness (QED) is 0.419. The van der Waals surface area contributed by atoms with Crippen LogP contribution in [-0.4, -0.2) is 16.9 Å². The van der Waals surface area contributed by atoms with Crippen LogP contribution < -0.4 is 16.0 Å². The Kier molecular flexibility index (Phi) is 7.02. The van der Waals surface area contributed by atoms with Crippen LogP contribution in [0.15, 0.2) is 58.4 Å². The normalized spacial score (nSPS) is 10.4. The summed E-state index contributed by atoms with van der Waals surface area (Å²) < 4.78 is 0.951. The monoisotopic (exact) mass is 478 g/mol. The molecule has 0 radical (unpaired) electrons. The summed E-state index contributed by atoms with van der Waals surface area (Å²) in [5.41, 5.74) is 2.08. The van der Waals surface area contributed by atoms with Gasteiger partial charge in [0, 0.05) is 32.7 Å². The summed E-state index contributed by atoms with van der Waals surface area (Å²) in [4.78, 5) is 28.4. The van der Waals surface area contributed by atoms with Gasteiger partial charge in [0.05, 0.1) is 5.69 Å². The number of aryl methyl sites for hydroxylation is 1. The third-order valence-electron chi connectivity index (χ3n) is 3.59. The maximum Gasteiger partial charge on any atom is 0.325 e. The number of rotatable bonds is 6. The first kappa shape index (κ1) is 20.3. The molecule has 0 bridgehead atoms. The Morgan fingerprint density at radius 2 is 1.82 bits per heavy atom. The minimum Gasteiger partial charge on any atom is -0.326 e. The highest BCUT2D eigenvalue weighted by molar-refractivity contribution is 9.10. The fraction of sp³-hybridized carbons (Fsp3) is 0.105. The highest BCUT2D eigenvalue weighted by Crippen LogP contribution is 2.19. The molecule has 0 unspecified atom stereocenters. The van der Waals surface area contributed by atoms with Gasteiger partial charge in [-0.2, -0.15) is 0 Å². The summed E-state index contributed by atoms with van der Waals surface area (Å²) in [6.07, 6.45) is 0.782. The number of anilines is 3. The van der Waals surface area contributed by atoms with Crippen LogP contribution in [0.4, 0.5) is 21.3 Å². The minimum absolute atomic E-state index is 0.0940. The summed E-state index contributed by atoms with van der Waals surface area (Å²) in [5.74, 6) is -0.0940. The minimum atomic E-state index is -0.406. The molecule has 0 saturated heterocycles. The van der Waals surface area contributed by atoms with Crippen LogP contribution in [0.25, 0.3) is 0 Å². The Morgan fingerprint density at radius 3 is 2.57 bits per heavy atom. The van der Waals surface area contributed by atoms with Gasteiger partial charge >= 0.3 is 6.03 Å². The van der Waals surface area contributed by atoms with E-state index in [1.54, 1.807) is 24.3 Å². The lowest BCUT2D eigenvalue weighted by Gasteiger charge is -2.05. The second-order valence-electron chi connectivity index (χ2n) is 5.79. The number of urea groups is 1. The predicted molar refractivity (Wildman–Crippen MR) is 117 cm³/mol. The molecule has 6 nitrogen and oxygen atoms in total. The van der Waals surface area contributed by atoms with E-state index in [-0.39, 0.29) is 5.91 Å². The van der Waals surface area contributed by atoms with Gasteiger partial charge in [-0.1, -0.05) is 33.6 Å². The van der Waals surface area contributed by atoms with Crippen LogP contribution in [0.2, 0.25) is 5.02 Å². The molecular weight excluding hydrogens is 464 g/mol. The number of benzene rings is 2. The van der Waals surface area contributed by atoms with Crippen molar-refractivity contribution in [3.8, 4) is 0 Å². The SMILES string of the molecule is O=C(CCc1csc(NC(=O)Nc2cccc(Cl)c2)n1)Nc1ccc(Br)cc1. The summed E-state index contributed by atoms with van der Waals surface area (Å²) in [5, 5.41) is 11.0. The number of nitrogens with one attached hydrogen (secondary N) is 3. The van der Waals surface area contributed by atoms with Crippen molar-refractivity contribution in [2.24, 2.45) is 0 Å². The molecule has 3 rings (SSSR count). The van der Waals surface area contributed by atoms with E-state index in [1.807, 2.05) is 29.6 Å². The number of hydrogen-bond donors (Lipinski definition) is 3. The number of thiazole rings is 1. The first-order chi connectivity index (χ1) is 13.5. The van der Waals surface area contributed by atoms with Gasteiger partial charge in [0.15, 0.2) is 5.13 Å². The summed E-state index contributed by atoms with van der Waals surface area (Å²) in [6, 6.07) is 13.8. The second kappa shape index (κ2) is 9.68. The van der Waals surface area contributed by atoms with Gasteiger partial charge < -0.3 is 10.6 Å². The smallest absolute Gasteiger partial charge is 0.325 e. The van der Waals surface area contributed by atoms with Gasteiger partial charge in [-0.25, -0.2) is 9.78 Å².